The Morgan fingerprint density at radius 2 is 1.79 bits per heavy atom. The molecule has 0 aliphatic carbocycles. The summed E-state index contributed by atoms with van der Waals surface area (Å²) >= 11 is 6.93. The van der Waals surface area contributed by atoms with Crippen LogP contribution in [0, 0.1) is 27.2 Å². The molecule has 0 bridgehead atoms. The summed E-state index contributed by atoms with van der Waals surface area (Å²) in [4.78, 5) is 39.0. The van der Waals surface area contributed by atoms with Crippen LogP contribution in [0.1, 0.15) is 23.4 Å². The van der Waals surface area contributed by atoms with Gasteiger partial charge in [0, 0.05) is 56.0 Å². The molecule has 0 saturated carbocycles. The quantitative estimate of drug-likeness (QED) is 0.194. The van der Waals surface area contributed by atoms with Crippen molar-refractivity contribution < 1.29 is 31.6 Å². The number of halogens is 1. The monoisotopic (exact) mass is 697 g/mol. The molecule has 2 N–H and O–H groups in total. The van der Waals surface area contributed by atoms with E-state index >= 15 is 0 Å². The summed E-state index contributed by atoms with van der Waals surface area (Å²) in [5.41, 5.74) is 5.39. The summed E-state index contributed by atoms with van der Waals surface area (Å²) in [5.74, 6) is 0.704. The smallest absolute Gasteiger partial charge is 0.563 e. The number of aryl methyl sites for hydroxylation is 2. The van der Waals surface area contributed by atoms with Gasteiger partial charge in [0.25, 0.3) is 5.56 Å². The third-order valence-electron chi connectivity index (χ3n) is 7.73. The van der Waals surface area contributed by atoms with Crippen LogP contribution in [0.3, 0.4) is 0 Å². The molecule has 1 radical (unpaired) electrons. The standard InChI is InChI=1S/C29H26ClN6O3.C5H9O2.Mn/c1-15-13-23-24(28(37)36(5)29(38)35(23)4)26(32-15)33-21-12-8-9-18(16(21)2)19-10-7-11-20(25(19)30)22-14-31-17(3)27(34-22)39-6;6-5-2-1-3-7-4-5;/h7-14H,3H2,1-2,4-6H3,(H,32,33);2,5-6H,1,3-4H2;/q2*-1;+2/t;5-;/m.1./s1. The number of nitrogens with one attached hydrogen (secondary N) is 1. The number of benzene rings is 2. The van der Waals surface area contributed by atoms with Crippen LogP contribution in [-0.2, 0) is 35.9 Å². The third kappa shape index (κ3) is 7.37. The minimum atomic E-state index is -0.419. The van der Waals surface area contributed by atoms with Crippen LogP contribution in [0.2, 0.25) is 5.02 Å². The molecule has 1 saturated heterocycles. The largest absolute Gasteiger partial charge is 2.00 e. The number of fused-ring (bicyclic) bond motifs is 1. The average molecular weight is 698 g/mol. The predicted octanol–water partition coefficient (Wildman–Crippen LogP) is 4.93. The van der Waals surface area contributed by atoms with Crippen molar-refractivity contribution in [3.63, 3.8) is 0 Å². The summed E-state index contributed by atoms with van der Waals surface area (Å²) in [6, 6.07) is 13.2. The van der Waals surface area contributed by atoms with Crippen molar-refractivity contribution in [2.45, 2.75) is 26.4 Å². The molecule has 6 rings (SSSR count). The van der Waals surface area contributed by atoms with Crippen LogP contribution in [0.15, 0.2) is 58.3 Å². The zero-order valence-corrected chi connectivity index (χ0v) is 28.6. The number of anilines is 2. The molecule has 245 valence electrons. The molecule has 0 amide bonds. The van der Waals surface area contributed by atoms with Gasteiger partial charge in [0.1, 0.15) is 11.2 Å². The molecular weight excluding hydrogens is 663 g/mol. The molecule has 1 atom stereocenters. The van der Waals surface area contributed by atoms with Gasteiger partial charge < -0.3 is 24.9 Å². The number of pyridine rings is 1. The van der Waals surface area contributed by atoms with Gasteiger partial charge >= 0.3 is 22.8 Å². The van der Waals surface area contributed by atoms with Crippen molar-refractivity contribution in [2.24, 2.45) is 14.1 Å². The van der Waals surface area contributed by atoms with Crippen molar-refractivity contribution in [2.75, 3.05) is 25.6 Å². The Morgan fingerprint density at radius 1 is 1.09 bits per heavy atom. The van der Waals surface area contributed by atoms with E-state index in [1.165, 1.54) is 18.7 Å². The van der Waals surface area contributed by atoms with Gasteiger partial charge in [-0.05, 0) is 48.9 Å². The number of hydrogen-bond acceptors (Lipinski definition) is 9. The van der Waals surface area contributed by atoms with Gasteiger partial charge in [-0.3, -0.25) is 25.3 Å². The Morgan fingerprint density at radius 3 is 2.45 bits per heavy atom. The van der Waals surface area contributed by atoms with E-state index in [1.807, 2.05) is 56.7 Å². The van der Waals surface area contributed by atoms with Crippen LogP contribution in [0.4, 0.5) is 11.5 Å². The fourth-order valence-electron chi connectivity index (χ4n) is 5.24. The number of aliphatic hydroxyl groups is 1. The summed E-state index contributed by atoms with van der Waals surface area (Å²) in [5, 5.41) is 12.9. The second-order valence-corrected chi connectivity index (χ2v) is 11.2. The van der Waals surface area contributed by atoms with Crippen molar-refractivity contribution in [3.05, 3.63) is 105 Å². The topological polar surface area (TPSA) is 133 Å². The van der Waals surface area contributed by atoms with Crippen LogP contribution < -0.4 is 21.3 Å². The van der Waals surface area contributed by atoms with E-state index in [4.69, 9.17) is 26.2 Å². The zero-order chi connectivity index (χ0) is 33.1. The Bertz CT molecular complexity index is 2040. The Labute approximate surface area is 288 Å². The Balaban J connectivity index is 0.000000555. The number of rotatable bonds is 5. The minimum absolute atomic E-state index is 0. The zero-order valence-electron chi connectivity index (χ0n) is 26.7. The van der Waals surface area contributed by atoms with E-state index in [0.717, 1.165) is 40.0 Å². The maximum Gasteiger partial charge on any atom is 2.00 e. The normalized spacial score (nSPS) is 14.1. The maximum atomic E-state index is 13.1. The molecule has 11 nitrogen and oxygen atoms in total. The van der Waals surface area contributed by atoms with Crippen LogP contribution in [0.5, 0.6) is 5.88 Å². The second-order valence-electron chi connectivity index (χ2n) is 10.9. The SMILES string of the molecule is O[C@@H]1[CH-]CCOC1.[CH2-]c1ncc(-c2cccc(-c3cccc(Nc4nc(C)cc5c4c(=O)n(C)c(=O)n5C)c3C)c2Cl)nc1OC.[Mn+2]. The van der Waals surface area contributed by atoms with E-state index in [-0.39, 0.29) is 23.2 Å². The van der Waals surface area contributed by atoms with Gasteiger partial charge in [-0.1, -0.05) is 41.9 Å². The number of aliphatic hydroxyl groups excluding tert-OH is 1. The number of aromatic nitrogens is 5. The first-order valence-electron chi connectivity index (χ1n) is 14.6. The van der Waals surface area contributed by atoms with E-state index in [9.17, 15) is 9.59 Å². The van der Waals surface area contributed by atoms with Crippen LogP contribution in [0.25, 0.3) is 33.3 Å². The van der Waals surface area contributed by atoms with Gasteiger partial charge in [0.2, 0.25) is 0 Å². The van der Waals surface area contributed by atoms with E-state index in [1.54, 1.807) is 19.3 Å². The van der Waals surface area contributed by atoms with Crippen molar-refractivity contribution in [1.29, 1.82) is 0 Å². The van der Waals surface area contributed by atoms with E-state index in [0.29, 0.717) is 56.9 Å². The molecule has 1 fully saturated rings. The fourth-order valence-corrected chi connectivity index (χ4v) is 5.56. The second kappa shape index (κ2) is 15.1. The van der Waals surface area contributed by atoms with E-state index < -0.39 is 11.2 Å². The first kappa shape index (κ1) is 35.7. The molecule has 3 aromatic heterocycles. The minimum Gasteiger partial charge on any atom is -0.563 e. The molecule has 5 aromatic rings. The molecule has 0 unspecified atom stereocenters. The van der Waals surface area contributed by atoms with Gasteiger partial charge in [-0.15, -0.1) is 0 Å². The van der Waals surface area contributed by atoms with Gasteiger partial charge in [0.05, 0.1) is 29.2 Å². The number of nitrogens with zero attached hydrogens (tertiary/aromatic N) is 5. The summed E-state index contributed by atoms with van der Waals surface area (Å²) in [6.07, 6.45) is 4.06. The molecule has 0 spiro atoms. The van der Waals surface area contributed by atoms with E-state index in [2.05, 4.69) is 27.2 Å². The molecule has 4 heterocycles. The number of ether oxygens (including phenoxy) is 2. The average Bonchev–Trinajstić information content (AvgIpc) is 3.05. The summed E-state index contributed by atoms with van der Waals surface area (Å²) in [6.45, 7) is 8.88. The van der Waals surface area contributed by atoms with Crippen molar-refractivity contribution in [3.8, 4) is 28.3 Å². The molecule has 2 aromatic carbocycles. The van der Waals surface area contributed by atoms with Gasteiger partial charge in [-0.2, -0.15) is 6.42 Å². The molecule has 47 heavy (non-hydrogen) atoms. The maximum absolute atomic E-state index is 13.1. The number of hydrogen-bond donors (Lipinski definition) is 2. The first-order chi connectivity index (χ1) is 22.0. The summed E-state index contributed by atoms with van der Waals surface area (Å²) < 4.78 is 12.7. The Kier molecular flexibility index (Phi) is 11.5. The van der Waals surface area contributed by atoms with Crippen molar-refractivity contribution in [1.82, 2.24) is 24.1 Å². The first-order valence-corrected chi connectivity index (χ1v) is 14.9. The summed E-state index contributed by atoms with van der Waals surface area (Å²) in [7, 11) is 4.61. The third-order valence-corrected chi connectivity index (χ3v) is 8.13. The molecule has 1 aliphatic rings. The predicted molar refractivity (Wildman–Crippen MR) is 180 cm³/mol. The van der Waals surface area contributed by atoms with Gasteiger partial charge in [0.15, 0.2) is 0 Å². The van der Waals surface area contributed by atoms with Crippen LogP contribution in [-0.4, -0.2) is 55.6 Å². The molecule has 13 heteroatoms. The van der Waals surface area contributed by atoms with Gasteiger partial charge in [-0.25, -0.2) is 16.7 Å². The fraction of sp³-hybridized carbons (Fsp3) is 0.265. The van der Waals surface area contributed by atoms with Crippen LogP contribution >= 0.6 is 11.6 Å². The number of methoxy groups -OCH3 is 1. The molecular formula is C34H35ClMnN6O5. The Hall–Kier alpha value is -4.19. The molecule has 1 aliphatic heterocycles. The van der Waals surface area contributed by atoms with Crippen molar-refractivity contribution >= 4 is 34.0 Å².